The Balaban J connectivity index is 1.59. The molecule has 1 heterocycles. The number of hydrogen-bond donors (Lipinski definition) is 0. The van der Waals surface area contributed by atoms with E-state index in [4.69, 9.17) is 4.74 Å². The van der Waals surface area contributed by atoms with E-state index in [1.807, 2.05) is 29.2 Å². The quantitative estimate of drug-likeness (QED) is 0.627. The first-order valence-corrected chi connectivity index (χ1v) is 12.8. The minimum atomic E-state index is -3.64. The molecule has 1 aliphatic carbocycles. The zero-order valence-corrected chi connectivity index (χ0v) is 19.8. The van der Waals surface area contributed by atoms with E-state index in [0.29, 0.717) is 37.0 Å². The number of amides is 1. The van der Waals surface area contributed by atoms with Crippen LogP contribution in [0.3, 0.4) is 0 Å². The number of carbonyl (C=O) groups excluding carboxylic acids is 1. The van der Waals surface area contributed by atoms with Crippen molar-refractivity contribution >= 4 is 15.9 Å². The number of piperidine rings is 1. The maximum atomic E-state index is 13.5. The van der Waals surface area contributed by atoms with Gasteiger partial charge in [-0.2, -0.15) is 4.31 Å². The molecular formula is C25H32N2O4S. The molecule has 0 radical (unpaired) electrons. The van der Waals surface area contributed by atoms with Gasteiger partial charge in [0.25, 0.3) is 5.91 Å². The fraction of sp³-hybridized carbons (Fsp3) is 0.480. The second-order valence-electron chi connectivity index (χ2n) is 9.27. The lowest BCUT2D eigenvalue weighted by Gasteiger charge is -2.34. The van der Waals surface area contributed by atoms with Crippen LogP contribution in [0.1, 0.15) is 49.0 Å². The molecule has 0 aromatic heterocycles. The van der Waals surface area contributed by atoms with Crippen molar-refractivity contribution in [2.24, 2.45) is 11.8 Å². The molecule has 0 spiro atoms. The minimum absolute atomic E-state index is 0.143. The molecule has 2 aromatic rings. The molecule has 7 heteroatoms. The molecule has 1 saturated carbocycles. The summed E-state index contributed by atoms with van der Waals surface area (Å²) in [7, 11) is -2.02. The Hall–Kier alpha value is -2.38. The van der Waals surface area contributed by atoms with Gasteiger partial charge in [-0.3, -0.25) is 4.79 Å². The Bertz CT molecular complexity index is 1070. The zero-order valence-electron chi connectivity index (χ0n) is 19.0. The van der Waals surface area contributed by atoms with Crippen LogP contribution < -0.4 is 4.74 Å². The number of rotatable bonds is 7. The SMILES string of the molecule is COc1ccccc1CN(C(=O)c1cccc(S(=O)(=O)N2CC(C)CC(C)C2)c1)C1CC1. The van der Waals surface area contributed by atoms with E-state index >= 15 is 0 Å². The topological polar surface area (TPSA) is 66.9 Å². The Labute approximate surface area is 191 Å². The van der Waals surface area contributed by atoms with Gasteiger partial charge in [0.2, 0.25) is 10.0 Å². The van der Waals surface area contributed by atoms with Crippen LogP contribution >= 0.6 is 0 Å². The van der Waals surface area contributed by atoms with Gasteiger partial charge in [0.05, 0.1) is 12.0 Å². The molecule has 4 rings (SSSR count). The maximum absolute atomic E-state index is 13.5. The molecule has 2 aliphatic rings. The van der Waals surface area contributed by atoms with Gasteiger partial charge in [-0.15, -0.1) is 0 Å². The number of para-hydroxylation sites is 1. The third-order valence-electron chi connectivity index (χ3n) is 6.34. The number of hydrogen-bond acceptors (Lipinski definition) is 4. The minimum Gasteiger partial charge on any atom is -0.496 e. The van der Waals surface area contributed by atoms with Gasteiger partial charge in [-0.25, -0.2) is 8.42 Å². The van der Waals surface area contributed by atoms with Gasteiger partial charge in [0, 0.05) is 36.8 Å². The lowest BCUT2D eigenvalue weighted by atomic mass is 9.94. The summed E-state index contributed by atoms with van der Waals surface area (Å²) in [5, 5.41) is 0. The van der Waals surface area contributed by atoms with Crippen molar-refractivity contribution in [3.63, 3.8) is 0 Å². The molecule has 1 aliphatic heterocycles. The highest BCUT2D eigenvalue weighted by molar-refractivity contribution is 7.89. The summed E-state index contributed by atoms with van der Waals surface area (Å²) < 4.78 is 33.7. The number of carbonyl (C=O) groups is 1. The van der Waals surface area contributed by atoms with Crippen LogP contribution in [0, 0.1) is 11.8 Å². The molecular weight excluding hydrogens is 424 g/mol. The molecule has 2 atom stereocenters. The first-order valence-electron chi connectivity index (χ1n) is 11.3. The fourth-order valence-electron chi connectivity index (χ4n) is 4.68. The van der Waals surface area contributed by atoms with Crippen LogP contribution in [-0.4, -0.2) is 49.8 Å². The number of sulfonamides is 1. The summed E-state index contributed by atoms with van der Waals surface area (Å²) in [6.45, 7) is 5.65. The molecule has 32 heavy (non-hydrogen) atoms. The predicted molar refractivity (Wildman–Crippen MR) is 124 cm³/mol. The standard InChI is InChI=1S/C25H32N2O4S/c1-18-13-19(2)16-26(15-18)32(29,30)23-9-6-8-20(14-23)25(28)27(22-11-12-22)17-21-7-4-5-10-24(21)31-3/h4-10,14,18-19,22H,11-13,15-17H2,1-3H3. The average Bonchev–Trinajstić information content (AvgIpc) is 3.62. The van der Waals surface area contributed by atoms with Crippen molar-refractivity contribution in [2.45, 2.75) is 50.6 Å². The molecule has 1 saturated heterocycles. The van der Waals surface area contributed by atoms with Gasteiger partial charge < -0.3 is 9.64 Å². The van der Waals surface area contributed by atoms with Crippen LogP contribution in [0.4, 0.5) is 0 Å². The third kappa shape index (κ3) is 4.84. The largest absolute Gasteiger partial charge is 0.496 e. The average molecular weight is 457 g/mol. The van der Waals surface area contributed by atoms with Gasteiger partial charge in [0.15, 0.2) is 0 Å². The van der Waals surface area contributed by atoms with Crippen molar-refractivity contribution in [2.75, 3.05) is 20.2 Å². The number of nitrogens with zero attached hydrogens (tertiary/aromatic N) is 2. The van der Waals surface area contributed by atoms with Crippen LogP contribution in [-0.2, 0) is 16.6 Å². The Morgan fingerprint density at radius 1 is 1.06 bits per heavy atom. The Kier molecular flexibility index (Phi) is 6.58. The molecule has 2 aromatic carbocycles. The van der Waals surface area contributed by atoms with E-state index < -0.39 is 10.0 Å². The van der Waals surface area contributed by atoms with E-state index in [1.165, 1.54) is 0 Å². The zero-order chi connectivity index (χ0) is 22.9. The monoisotopic (exact) mass is 456 g/mol. The molecule has 0 bridgehead atoms. The van der Waals surface area contributed by atoms with Crippen LogP contribution in [0.15, 0.2) is 53.4 Å². The second kappa shape index (κ2) is 9.24. The van der Waals surface area contributed by atoms with Crippen molar-refractivity contribution < 1.29 is 17.9 Å². The van der Waals surface area contributed by atoms with Gasteiger partial charge in [0.1, 0.15) is 5.75 Å². The maximum Gasteiger partial charge on any atom is 0.254 e. The highest BCUT2D eigenvalue weighted by atomic mass is 32.2. The van der Waals surface area contributed by atoms with E-state index in [0.717, 1.165) is 30.6 Å². The number of benzene rings is 2. The van der Waals surface area contributed by atoms with E-state index in [9.17, 15) is 13.2 Å². The lowest BCUT2D eigenvalue weighted by molar-refractivity contribution is 0.0728. The molecule has 2 fully saturated rings. The summed E-state index contributed by atoms with van der Waals surface area (Å²) >= 11 is 0. The smallest absolute Gasteiger partial charge is 0.254 e. The fourth-order valence-corrected chi connectivity index (χ4v) is 6.40. The first kappa shape index (κ1) is 22.8. The van der Waals surface area contributed by atoms with Crippen LogP contribution in [0.2, 0.25) is 0 Å². The highest BCUT2D eigenvalue weighted by Crippen LogP contribution is 2.32. The van der Waals surface area contributed by atoms with E-state index in [-0.39, 0.29) is 16.8 Å². The Morgan fingerprint density at radius 3 is 2.41 bits per heavy atom. The van der Waals surface area contributed by atoms with Crippen molar-refractivity contribution in [1.82, 2.24) is 9.21 Å². The second-order valence-corrected chi connectivity index (χ2v) is 11.2. The molecule has 1 amide bonds. The first-order chi connectivity index (χ1) is 15.3. The molecule has 6 nitrogen and oxygen atoms in total. The molecule has 2 unspecified atom stereocenters. The van der Waals surface area contributed by atoms with Crippen molar-refractivity contribution in [1.29, 1.82) is 0 Å². The summed E-state index contributed by atoms with van der Waals surface area (Å²) in [6.07, 6.45) is 2.95. The number of methoxy groups -OCH3 is 1. The van der Waals surface area contributed by atoms with E-state index in [2.05, 4.69) is 13.8 Å². The predicted octanol–water partition coefficient (Wildman–Crippen LogP) is 4.17. The molecule has 0 N–H and O–H groups in total. The van der Waals surface area contributed by atoms with Gasteiger partial charge in [-0.1, -0.05) is 38.1 Å². The van der Waals surface area contributed by atoms with E-state index in [1.54, 1.807) is 35.7 Å². The third-order valence-corrected chi connectivity index (χ3v) is 8.16. The van der Waals surface area contributed by atoms with Crippen LogP contribution in [0.5, 0.6) is 5.75 Å². The summed E-state index contributed by atoms with van der Waals surface area (Å²) in [5.74, 6) is 1.25. The lowest BCUT2D eigenvalue weighted by Crippen LogP contribution is -2.42. The molecule has 172 valence electrons. The summed E-state index contributed by atoms with van der Waals surface area (Å²) in [5.41, 5.74) is 1.35. The summed E-state index contributed by atoms with van der Waals surface area (Å²) in [4.78, 5) is 15.5. The van der Waals surface area contributed by atoms with Crippen molar-refractivity contribution in [3.8, 4) is 5.75 Å². The highest BCUT2D eigenvalue weighted by Gasteiger charge is 2.35. The normalized spacial score (nSPS) is 21.8. The summed E-state index contributed by atoms with van der Waals surface area (Å²) in [6, 6.07) is 14.4. The Morgan fingerprint density at radius 2 is 1.75 bits per heavy atom. The van der Waals surface area contributed by atoms with Crippen molar-refractivity contribution in [3.05, 3.63) is 59.7 Å². The van der Waals surface area contributed by atoms with Gasteiger partial charge >= 0.3 is 0 Å². The number of ether oxygens (including phenoxy) is 1. The van der Waals surface area contributed by atoms with Crippen LogP contribution in [0.25, 0.3) is 0 Å². The van der Waals surface area contributed by atoms with Gasteiger partial charge in [-0.05, 0) is 55.4 Å².